The van der Waals surface area contributed by atoms with Crippen molar-refractivity contribution in [3.8, 4) is 5.82 Å². The van der Waals surface area contributed by atoms with Gasteiger partial charge >= 0.3 is 0 Å². The van der Waals surface area contributed by atoms with E-state index in [9.17, 15) is 4.79 Å². The summed E-state index contributed by atoms with van der Waals surface area (Å²) < 4.78 is 3.72. The molecule has 1 unspecified atom stereocenters. The molecule has 0 saturated carbocycles. The molecule has 2 aliphatic rings. The predicted octanol–water partition coefficient (Wildman–Crippen LogP) is 1.52. The smallest absolute Gasteiger partial charge is 0.259 e. The Balaban J connectivity index is 1.58. The fourth-order valence-electron chi connectivity index (χ4n) is 3.87. The Hall–Kier alpha value is -2.08. The predicted molar refractivity (Wildman–Crippen MR) is 87.7 cm³/mol. The standard InChI is InChI=1S/C17H23N5O/c1-19-16(21-8-4-5-9-21)15(12-18-19)17(23)22-11-10-20-7-3-2-6-14(20)13-22/h4-5,8-9,12,14H,2-3,6-7,10-11,13H2,1H3. The first-order valence-electron chi connectivity index (χ1n) is 8.43. The van der Waals surface area contributed by atoms with E-state index in [-0.39, 0.29) is 5.91 Å². The van der Waals surface area contributed by atoms with Gasteiger partial charge < -0.3 is 9.47 Å². The Morgan fingerprint density at radius 3 is 2.83 bits per heavy atom. The number of rotatable bonds is 2. The number of nitrogens with zero attached hydrogens (tertiary/aromatic N) is 5. The van der Waals surface area contributed by atoms with Crippen molar-refractivity contribution in [3.05, 3.63) is 36.3 Å². The van der Waals surface area contributed by atoms with Crippen LogP contribution in [0.25, 0.3) is 5.82 Å². The summed E-state index contributed by atoms with van der Waals surface area (Å²) in [5.74, 6) is 0.943. The van der Waals surface area contributed by atoms with Gasteiger partial charge in [-0.3, -0.25) is 14.4 Å². The molecule has 0 bridgehead atoms. The third-order valence-corrected chi connectivity index (χ3v) is 5.11. The second-order valence-electron chi connectivity index (χ2n) is 6.53. The van der Waals surface area contributed by atoms with Gasteiger partial charge in [0, 0.05) is 45.1 Å². The normalized spacial score (nSPS) is 22.1. The number of carbonyl (C=O) groups excluding carboxylic acids is 1. The second kappa shape index (κ2) is 5.85. The minimum absolute atomic E-state index is 0.104. The number of aromatic nitrogens is 3. The van der Waals surface area contributed by atoms with Gasteiger partial charge in [-0.05, 0) is 31.5 Å². The van der Waals surface area contributed by atoms with Gasteiger partial charge in [0.15, 0.2) is 0 Å². The first-order chi connectivity index (χ1) is 11.2. The largest absolute Gasteiger partial charge is 0.336 e. The number of carbonyl (C=O) groups is 1. The number of fused-ring (bicyclic) bond motifs is 1. The summed E-state index contributed by atoms with van der Waals surface area (Å²) in [5.41, 5.74) is 0.688. The Kier molecular flexibility index (Phi) is 3.69. The molecule has 1 amide bonds. The van der Waals surface area contributed by atoms with Gasteiger partial charge in [-0.2, -0.15) is 5.10 Å². The van der Waals surface area contributed by atoms with Gasteiger partial charge in [0.1, 0.15) is 11.4 Å². The van der Waals surface area contributed by atoms with Crippen LogP contribution in [0.5, 0.6) is 0 Å². The Morgan fingerprint density at radius 1 is 1.17 bits per heavy atom. The lowest BCUT2D eigenvalue weighted by Crippen LogP contribution is -2.56. The maximum Gasteiger partial charge on any atom is 0.259 e. The van der Waals surface area contributed by atoms with Crippen molar-refractivity contribution >= 4 is 5.91 Å². The minimum atomic E-state index is 0.104. The summed E-state index contributed by atoms with van der Waals surface area (Å²) in [6.07, 6.45) is 9.39. The van der Waals surface area contributed by atoms with Crippen LogP contribution in [-0.4, -0.2) is 62.3 Å². The van der Waals surface area contributed by atoms with Crippen molar-refractivity contribution in [3.63, 3.8) is 0 Å². The number of hydrogen-bond donors (Lipinski definition) is 0. The molecule has 0 radical (unpaired) electrons. The Bertz CT molecular complexity index is 690. The molecule has 2 aliphatic heterocycles. The lowest BCUT2D eigenvalue weighted by Gasteiger charge is -2.44. The maximum atomic E-state index is 13.0. The van der Waals surface area contributed by atoms with Crippen molar-refractivity contribution in [2.45, 2.75) is 25.3 Å². The van der Waals surface area contributed by atoms with Crippen LogP contribution >= 0.6 is 0 Å². The van der Waals surface area contributed by atoms with Gasteiger partial charge in [-0.1, -0.05) is 6.42 Å². The van der Waals surface area contributed by atoms with Crippen molar-refractivity contribution in [2.24, 2.45) is 7.05 Å². The van der Waals surface area contributed by atoms with Crippen LogP contribution in [0.2, 0.25) is 0 Å². The fourth-order valence-corrected chi connectivity index (χ4v) is 3.87. The molecule has 2 saturated heterocycles. The SMILES string of the molecule is Cn1ncc(C(=O)N2CCN3CCCCC3C2)c1-n1cccc1. The van der Waals surface area contributed by atoms with Crippen LogP contribution in [-0.2, 0) is 7.05 Å². The Morgan fingerprint density at radius 2 is 2.00 bits per heavy atom. The lowest BCUT2D eigenvalue weighted by molar-refractivity contribution is 0.0372. The molecule has 2 fully saturated rings. The van der Waals surface area contributed by atoms with E-state index < -0.39 is 0 Å². The van der Waals surface area contributed by atoms with Crippen LogP contribution in [0, 0.1) is 0 Å². The number of piperazine rings is 1. The van der Waals surface area contributed by atoms with Crippen molar-refractivity contribution in [2.75, 3.05) is 26.2 Å². The number of hydrogen-bond acceptors (Lipinski definition) is 3. The van der Waals surface area contributed by atoms with E-state index >= 15 is 0 Å². The van der Waals surface area contributed by atoms with E-state index in [1.807, 2.05) is 41.0 Å². The Labute approximate surface area is 136 Å². The van der Waals surface area contributed by atoms with E-state index in [0.29, 0.717) is 11.6 Å². The molecule has 6 heteroatoms. The van der Waals surface area contributed by atoms with Crippen LogP contribution in [0.1, 0.15) is 29.6 Å². The minimum Gasteiger partial charge on any atom is -0.336 e. The molecule has 1 atom stereocenters. The first-order valence-corrected chi connectivity index (χ1v) is 8.43. The highest BCUT2D eigenvalue weighted by Crippen LogP contribution is 2.23. The molecule has 23 heavy (non-hydrogen) atoms. The molecule has 4 heterocycles. The van der Waals surface area contributed by atoms with E-state index in [1.54, 1.807) is 10.9 Å². The highest BCUT2D eigenvalue weighted by molar-refractivity contribution is 5.97. The molecule has 2 aromatic rings. The monoisotopic (exact) mass is 313 g/mol. The van der Waals surface area contributed by atoms with Gasteiger partial charge in [0.2, 0.25) is 0 Å². The van der Waals surface area contributed by atoms with E-state index in [4.69, 9.17) is 0 Å². The summed E-state index contributed by atoms with van der Waals surface area (Å²) in [6, 6.07) is 4.46. The van der Waals surface area contributed by atoms with Crippen LogP contribution in [0.15, 0.2) is 30.7 Å². The molecular weight excluding hydrogens is 290 g/mol. The quantitative estimate of drug-likeness (QED) is 0.844. The molecular formula is C17H23N5O. The zero-order valence-electron chi connectivity index (χ0n) is 13.6. The van der Waals surface area contributed by atoms with Gasteiger partial charge in [0.05, 0.1) is 6.20 Å². The van der Waals surface area contributed by atoms with Crippen molar-refractivity contribution < 1.29 is 4.79 Å². The van der Waals surface area contributed by atoms with Gasteiger partial charge in [0.25, 0.3) is 5.91 Å². The lowest BCUT2D eigenvalue weighted by atomic mass is 9.99. The fraction of sp³-hybridized carbons (Fsp3) is 0.529. The highest BCUT2D eigenvalue weighted by atomic mass is 16.2. The summed E-state index contributed by atoms with van der Waals surface area (Å²) >= 11 is 0. The third-order valence-electron chi connectivity index (χ3n) is 5.11. The molecule has 0 aliphatic carbocycles. The van der Waals surface area contributed by atoms with Gasteiger partial charge in [-0.15, -0.1) is 0 Å². The maximum absolute atomic E-state index is 13.0. The number of piperidine rings is 1. The average Bonchev–Trinajstić information content (AvgIpc) is 3.23. The summed E-state index contributed by atoms with van der Waals surface area (Å²) in [7, 11) is 1.88. The molecule has 4 rings (SSSR count). The molecule has 0 spiro atoms. The van der Waals surface area contributed by atoms with E-state index in [2.05, 4.69) is 10.00 Å². The summed E-state index contributed by atoms with van der Waals surface area (Å²) in [5, 5.41) is 4.31. The van der Waals surface area contributed by atoms with Gasteiger partial charge in [-0.25, -0.2) is 0 Å². The summed E-state index contributed by atoms with van der Waals surface area (Å²) in [6.45, 7) is 3.85. The summed E-state index contributed by atoms with van der Waals surface area (Å²) in [4.78, 5) is 17.6. The molecule has 122 valence electrons. The molecule has 2 aromatic heterocycles. The zero-order valence-corrected chi connectivity index (χ0v) is 13.6. The van der Waals surface area contributed by atoms with E-state index in [1.165, 1.54) is 25.8 Å². The van der Waals surface area contributed by atoms with Crippen LogP contribution in [0.4, 0.5) is 0 Å². The topological polar surface area (TPSA) is 46.3 Å². The van der Waals surface area contributed by atoms with Crippen molar-refractivity contribution in [1.29, 1.82) is 0 Å². The van der Waals surface area contributed by atoms with E-state index in [0.717, 1.165) is 25.5 Å². The number of aryl methyl sites for hydroxylation is 1. The first kappa shape index (κ1) is 14.5. The second-order valence-corrected chi connectivity index (χ2v) is 6.53. The molecule has 6 nitrogen and oxygen atoms in total. The zero-order chi connectivity index (χ0) is 15.8. The highest BCUT2D eigenvalue weighted by Gasteiger charge is 2.32. The number of amides is 1. The van der Waals surface area contributed by atoms with Crippen LogP contribution in [0.3, 0.4) is 0 Å². The third kappa shape index (κ3) is 2.57. The molecule has 0 aromatic carbocycles. The molecule has 0 N–H and O–H groups in total. The average molecular weight is 313 g/mol. The van der Waals surface area contributed by atoms with Crippen molar-refractivity contribution in [1.82, 2.24) is 24.1 Å². The van der Waals surface area contributed by atoms with Crippen LogP contribution < -0.4 is 0 Å².